The molecule has 0 aromatic heterocycles. The number of sulfonamides is 1. The van der Waals surface area contributed by atoms with Gasteiger partial charge in [-0.05, 0) is 36.1 Å². The van der Waals surface area contributed by atoms with Crippen LogP contribution in [-0.4, -0.2) is 44.8 Å². The Morgan fingerprint density at radius 2 is 1.74 bits per heavy atom. The van der Waals surface area contributed by atoms with Crippen LogP contribution in [0.1, 0.15) is 12.8 Å². The Kier molecular flexibility index (Phi) is 6.26. The minimum atomic E-state index is -3.62. The minimum absolute atomic E-state index is 0.125. The molecule has 144 valence electrons. The standard InChI is InChI=1S/C20H25N3O3S/c21-12-13-22-20(24)18-7-4-14-23(15-18)27(25,26)19-10-8-17(9-11-19)16-5-2-1-3-6-16/h1-3,5-6,8-11,18H,4,7,12-15,21H2,(H,22,24). The Morgan fingerprint density at radius 3 is 2.41 bits per heavy atom. The van der Waals surface area contributed by atoms with Crippen LogP contribution in [0.3, 0.4) is 0 Å². The van der Waals surface area contributed by atoms with Gasteiger partial charge in [-0.15, -0.1) is 0 Å². The lowest BCUT2D eigenvalue weighted by Crippen LogP contribution is -2.46. The van der Waals surface area contributed by atoms with E-state index in [-0.39, 0.29) is 23.3 Å². The summed E-state index contributed by atoms with van der Waals surface area (Å²) < 4.78 is 27.4. The Bertz CT molecular complexity index is 867. The molecule has 1 amide bonds. The summed E-state index contributed by atoms with van der Waals surface area (Å²) in [7, 11) is -3.62. The van der Waals surface area contributed by atoms with Gasteiger partial charge in [0.25, 0.3) is 0 Å². The Labute approximate surface area is 160 Å². The lowest BCUT2D eigenvalue weighted by Gasteiger charge is -2.31. The van der Waals surface area contributed by atoms with Gasteiger partial charge in [0.05, 0.1) is 10.8 Å². The molecule has 0 saturated carbocycles. The van der Waals surface area contributed by atoms with E-state index >= 15 is 0 Å². The quantitative estimate of drug-likeness (QED) is 0.791. The zero-order valence-corrected chi connectivity index (χ0v) is 16.0. The van der Waals surface area contributed by atoms with Gasteiger partial charge in [0, 0.05) is 26.2 Å². The first-order valence-electron chi connectivity index (χ1n) is 9.16. The van der Waals surface area contributed by atoms with E-state index in [1.807, 2.05) is 42.5 Å². The molecule has 27 heavy (non-hydrogen) atoms. The number of nitrogens with two attached hydrogens (primary N) is 1. The van der Waals surface area contributed by atoms with Crippen LogP contribution in [0.25, 0.3) is 11.1 Å². The highest BCUT2D eigenvalue weighted by atomic mass is 32.2. The fourth-order valence-electron chi connectivity index (χ4n) is 3.31. The van der Waals surface area contributed by atoms with Gasteiger partial charge in [-0.25, -0.2) is 8.42 Å². The Hall–Kier alpha value is -2.22. The highest BCUT2D eigenvalue weighted by Crippen LogP contribution is 2.26. The minimum Gasteiger partial charge on any atom is -0.355 e. The predicted molar refractivity (Wildman–Crippen MR) is 105 cm³/mol. The first-order valence-corrected chi connectivity index (χ1v) is 10.6. The maximum Gasteiger partial charge on any atom is 0.243 e. The molecule has 1 saturated heterocycles. The molecule has 1 aliphatic rings. The Balaban J connectivity index is 1.74. The van der Waals surface area contributed by atoms with Crippen molar-refractivity contribution in [2.75, 3.05) is 26.2 Å². The molecule has 6 nitrogen and oxygen atoms in total. The monoisotopic (exact) mass is 387 g/mol. The van der Waals surface area contributed by atoms with Crippen LogP contribution in [0.4, 0.5) is 0 Å². The molecule has 1 atom stereocenters. The number of hydrogen-bond donors (Lipinski definition) is 2. The molecule has 1 heterocycles. The van der Waals surface area contributed by atoms with Gasteiger partial charge < -0.3 is 11.1 Å². The molecular formula is C20H25N3O3S. The van der Waals surface area contributed by atoms with Crippen molar-refractivity contribution in [3.63, 3.8) is 0 Å². The van der Waals surface area contributed by atoms with E-state index in [1.54, 1.807) is 12.1 Å². The van der Waals surface area contributed by atoms with E-state index in [2.05, 4.69) is 5.32 Å². The van der Waals surface area contributed by atoms with E-state index in [0.29, 0.717) is 32.5 Å². The molecule has 1 aliphatic heterocycles. The number of carbonyl (C=O) groups is 1. The SMILES string of the molecule is NCCNC(=O)C1CCCN(S(=O)(=O)c2ccc(-c3ccccc3)cc2)C1. The summed E-state index contributed by atoms with van der Waals surface area (Å²) in [6.45, 7) is 1.42. The molecule has 1 unspecified atom stereocenters. The number of nitrogens with zero attached hydrogens (tertiary/aromatic N) is 1. The van der Waals surface area contributed by atoms with E-state index < -0.39 is 10.0 Å². The van der Waals surface area contributed by atoms with Crippen molar-refractivity contribution in [2.45, 2.75) is 17.7 Å². The predicted octanol–water partition coefficient (Wildman–Crippen LogP) is 1.83. The fraction of sp³-hybridized carbons (Fsp3) is 0.350. The molecule has 0 spiro atoms. The van der Waals surface area contributed by atoms with Crippen molar-refractivity contribution in [1.82, 2.24) is 9.62 Å². The molecule has 2 aromatic carbocycles. The maximum atomic E-state index is 13.0. The summed E-state index contributed by atoms with van der Waals surface area (Å²) in [4.78, 5) is 12.4. The lowest BCUT2D eigenvalue weighted by molar-refractivity contribution is -0.126. The molecule has 3 rings (SSSR count). The highest BCUT2D eigenvalue weighted by molar-refractivity contribution is 7.89. The van der Waals surface area contributed by atoms with Gasteiger partial charge in [-0.1, -0.05) is 42.5 Å². The van der Waals surface area contributed by atoms with Crippen LogP contribution in [-0.2, 0) is 14.8 Å². The largest absolute Gasteiger partial charge is 0.355 e. The topological polar surface area (TPSA) is 92.5 Å². The van der Waals surface area contributed by atoms with Gasteiger partial charge in [0.1, 0.15) is 0 Å². The number of benzene rings is 2. The summed E-state index contributed by atoms with van der Waals surface area (Å²) in [5.41, 5.74) is 7.42. The summed E-state index contributed by atoms with van der Waals surface area (Å²) in [6.07, 6.45) is 1.36. The second kappa shape index (κ2) is 8.65. The van der Waals surface area contributed by atoms with Gasteiger partial charge in [-0.3, -0.25) is 4.79 Å². The average Bonchev–Trinajstić information content (AvgIpc) is 2.73. The van der Waals surface area contributed by atoms with Crippen molar-refractivity contribution in [3.8, 4) is 11.1 Å². The summed E-state index contributed by atoms with van der Waals surface area (Å²) in [5, 5.41) is 2.75. The van der Waals surface area contributed by atoms with Crippen molar-refractivity contribution < 1.29 is 13.2 Å². The zero-order valence-electron chi connectivity index (χ0n) is 15.2. The van der Waals surface area contributed by atoms with Crippen LogP contribution in [0.2, 0.25) is 0 Å². The smallest absolute Gasteiger partial charge is 0.243 e. The molecule has 2 aromatic rings. The van der Waals surface area contributed by atoms with Crippen LogP contribution >= 0.6 is 0 Å². The van der Waals surface area contributed by atoms with E-state index in [0.717, 1.165) is 11.1 Å². The summed E-state index contributed by atoms with van der Waals surface area (Å²) in [5.74, 6) is -0.455. The van der Waals surface area contributed by atoms with Crippen LogP contribution < -0.4 is 11.1 Å². The average molecular weight is 388 g/mol. The number of amides is 1. The van der Waals surface area contributed by atoms with E-state index in [9.17, 15) is 13.2 Å². The number of hydrogen-bond acceptors (Lipinski definition) is 4. The van der Waals surface area contributed by atoms with Crippen LogP contribution in [0.15, 0.2) is 59.5 Å². The van der Waals surface area contributed by atoms with E-state index in [1.165, 1.54) is 4.31 Å². The molecule has 0 bridgehead atoms. The second-order valence-corrected chi connectivity index (χ2v) is 8.61. The summed E-state index contributed by atoms with van der Waals surface area (Å²) in [6, 6.07) is 16.7. The van der Waals surface area contributed by atoms with Gasteiger partial charge in [-0.2, -0.15) is 4.31 Å². The molecule has 7 heteroatoms. The normalized spacial score (nSPS) is 18.2. The first-order chi connectivity index (χ1) is 13.0. The number of nitrogens with one attached hydrogen (secondary N) is 1. The molecular weight excluding hydrogens is 362 g/mol. The van der Waals surface area contributed by atoms with Gasteiger partial charge in [0.15, 0.2) is 0 Å². The third-order valence-electron chi connectivity index (χ3n) is 4.80. The summed E-state index contributed by atoms with van der Waals surface area (Å²) >= 11 is 0. The highest BCUT2D eigenvalue weighted by Gasteiger charge is 2.33. The molecule has 0 radical (unpaired) electrons. The Morgan fingerprint density at radius 1 is 1.07 bits per heavy atom. The van der Waals surface area contributed by atoms with Gasteiger partial charge >= 0.3 is 0 Å². The molecule has 3 N–H and O–H groups in total. The lowest BCUT2D eigenvalue weighted by atomic mass is 9.99. The third-order valence-corrected chi connectivity index (χ3v) is 6.68. The van der Waals surface area contributed by atoms with Crippen molar-refractivity contribution in [2.24, 2.45) is 11.7 Å². The van der Waals surface area contributed by atoms with Crippen LogP contribution in [0.5, 0.6) is 0 Å². The molecule has 1 fully saturated rings. The zero-order chi connectivity index (χ0) is 19.3. The second-order valence-electron chi connectivity index (χ2n) is 6.67. The first kappa shape index (κ1) is 19.5. The van der Waals surface area contributed by atoms with E-state index in [4.69, 9.17) is 5.73 Å². The van der Waals surface area contributed by atoms with Crippen molar-refractivity contribution >= 4 is 15.9 Å². The number of piperidine rings is 1. The third kappa shape index (κ3) is 4.55. The molecule has 0 aliphatic carbocycles. The van der Waals surface area contributed by atoms with Crippen molar-refractivity contribution in [1.29, 1.82) is 0 Å². The number of carbonyl (C=O) groups excluding carboxylic acids is 1. The van der Waals surface area contributed by atoms with Crippen molar-refractivity contribution in [3.05, 3.63) is 54.6 Å². The number of rotatable bonds is 6. The maximum absolute atomic E-state index is 13.0. The van der Waals surface area contributed by atoms with Gasteiger partial charge in [0.2, 0.25) is 15.9 Å². The van der Waals surface area contributed by atoms with Crippen LogP contribution in [0, 0.1) is 5.92 Å². The fourth-order valence-corrected chi connectivity index (χ4v) is 4.84.